The van der Waals surface area contributed by atoms with Gasteiger partial charge in [0.1, 0.15) is 12.3 Å². The van der Waals surface area contributed by atoms with Crippen LogP contribution in [0, 0.1) is 6.92 Å². The fourth-order valence-electron chi connectivity index (χ4n) is 2.88. The summed E-state index contributed by atoms with van der Waals surface area (Å²) < 4.78 is 50.9. The van der Waals surface area contributed by atoms with Gasteiger partial charge >= 0.3 is 17.8 Å². The molecule has 2 rings (SSSR count). The highest BCUT2D eigenvalue weighted by atomic mass is 28.4. The number of aliphatic hydroxyl groups excluding tert-OH is 1. The van der Waals surface area contributed by atoms with E-state index in [1.165, 1.54) is 18.4 Å². The normalized spacial score (nSPS) is 23.6. The highest BCUT2D eigenvalue weighted by Gasteiger charge is 2.49. The number of H-pyrrole nitrogens is 1. The van der Waals surface area contributed by atoms with Crippen LogP contribution in [0.2, 0.25) is 18.1 Å². The maximum Gasteiger partial charge on any atom is 0.471 e. The quantitative estimate of drug-likeness (QED) is 0.446. The molecule has 0 radical (unpaired) electrons. The van der Waals surface area contributed by atoms with E-state index in [0.29, 0.717) is 0 Å². The molecule has 1 aliphatic heterocycles. The zero-order chi connectivity index (χ0) is 23.9. The van der Waals surface area contributed by atoms with E-state index >= 15 is 0 Å². The number of hydrogen-bond acceptors (Lipinski definition) is 6. The zero-order valence-corrected chi connectivity index (χ0v) is 19.2. The Morgan fingerprint density at radius 3 is 2.45 bits per heavy atom. The molecular weight excluding hydrogens is 439 g/mol. The van der Waals surface area contributed by atoms with Crippen molar-refractivity contribution in [2.75, 3.05) is 0 Å². The Morgan fingerprint density at radius 1 is 1.35 bits per heavy atom. The highest BCUT2D eigenvalue weighted by molar-refractivity contribution is 6.74. The lowest BCUT2D eigenvalue weighted by Crippen LogP contribution is -2.54. The number of carbonyl (C=O) groups is 1. The topological polar surface area (TPSA) is 123 Å². The van der Waals surface area contributed by atoms with Gasteiger partial charge in [-0.1, -0.05) is 20.8 Å². The Balaban J connectivity index is 2.37. The molecule has 1 aromatic heterocycles. The number of carbonyl (C=O) groups excluding carboxylic acids is 1. The largest absolute Gasteiger partial charge is 0.471 e. The van der Waals surface area contributed by atoms with Gasteiger partial charge in [0.05, 0.1) is 6.10 Å². The van der Waals surface area contributed by atoms with Crippen molar-refractivity contribution in [3.8, 4) is 0 Å². The highest BCUT2D eigenvalue weighted by Crippen LogP contribution is 2.41. The SMILES string of the molecule is Cc1cn([C@H]2C[C@H](O[Si](C)(C)C(C)(C)C)[C@@H]([C@H](O)NC(=O)C(F)(F)F)O2)c(=O)[nH]c1=O. The van der Waals surface area contributed by atoms with Crippen LogP contribution in [0.3, 0.4) is 0 Å². The van der Waals surface area contributed by atoms with Crippen molar-refractivity contribution in [1.82, 2.24) is 14.9 Å². The smallest absolute Gasteiger partial charge is 0.411 e. The maximum atomic E-state index is 12.6. The summed E-state index contributed by atoms with van der Waals surface area (Å²) in [5, 5.41) is 11.5. The van der Waals surface area contributed by atoms with Crippen LogP contribution in [0.4, 0.5) is 13.2 Å². The number of hydrogen-bond donors (Lipinski definition) is 3. The minimum Gasteiger partial charge on any atom is -0.411 e. The third kappa shape index (κ3) is 5.64. The summed E-state index contributed by atoms with van der Waals surface area (Å²) in [6.45, 7) is 11.2. The molecule has 3 N–H and O–H groups in total. The number of amides is 1. The summed E-state index contributed by atoms with van der Waals surface area (Å²) >= 11 is 0. The van der Waals surface area contributed by atoms with Crippen molar-refractivity contribution >= 4 is 14.2 Å². The van der Waals surface area contributed by atoms with E-state index in [0.717, 1.165) is 4.57 Å². The van der Waals surface area contributed by atoms with Crippen LogP contribution in [0.25, 0.3) is 0 Å². The van der Waals surface area contributed by atoms with Crippen LogP contribution in [-0.4, -0.2) is 53.5 Å². The van der Waals surface area contributed by atoms with Crippen molar-refractivity contribution < 1.29 is 32.2 Å². The van der Waals surface area contributed by atoms with Gasteiger partial charge in [0, 0.05) is 18.2 Å². The second-order valence-corrected chi connectivity index (χ2v) is 13.9. The lowest BCUT2D eigenvalue weighted by atomic mass is 10.1. The Bertz CT molecular complexity index is 937. The van der Waals surface area contributed by atoms with E-state index in [1.807, 2.05) is 33.9 Å². The lowest BCUT2D eigenvalue weighted by Gasteiger charge is -2.39. The van der Waals surface area contributed by atoms with Crippen molar-refractivity contribution in [2.24, 2.45) is 0 Å². The Kier molecular flexibility index (Phi) is 6.96. The summed E-state index contributed by atoms with van der Waals surface area (Å²) in [6.07, 6.45) is -9.26. The van der Waals surface area contributed by atoms with Crippen molar-refractivity contribution in [3.05, 3.63) is 32.6 Å². The molecular formula is C18H28F3N3O6Si. The number of aryl methyl sites for hydroxylation is 1. The monoisotopic (exact) mass is 467 g/mol. The van der Waals surface area contributed by atoms with Crippen LogP contribution in [0.15, 0.2) is 15.8 Å². The molecule has 0 saturated carbocycles. The molecule has 4 atom stereocenters. The number of nitrogens with one attached hydrogen (secondary N) is 2. The first-order valence-electron chi connectivity index (χ1n) is 9.65. The van der Waals surface area contributed by atoms with Gasteiger partial charge in [-0.3, -0.25) is 19.1 Å². The molecule has 1 fully saturated rings. The first-order valence-corrected chi connectivity index (χ1v) is 12.6. The zero-order valence-electron chi connectivity index (χ0n) is 18.2. The molecule has 0 aliphatic carbocycles. The van der Waals surface area contributed by atoms with Crippen molar-refractivity contribution in [1.29, 1.82) is 0 Å². The van der Waals surface area contributed by atoms with Gasteiger partial charge in [0.2, 0.25) is 0 Å². The second-order valence-electron chi connectivity index (χ2n) is 9.10. The molecule has 1 saturated heterocycles. The molecule has 2 heterocycles. The maximum absolute atomic E-state index is 12.6. The van der Waals surface area contributed by atoms with E-state index in [1.54, 1.807) is 0 Å². The van der Waals surface area contributed by atoms with E-state index in [9.17, 15) is 32.7 Å². The molecule has 1 aliphatic rings. The lowest BCUT2D eigenvalue weighted by molar-refractivity contribution is -0.180. The first kappa shape index (κ1) is 25.3. The predicted octanol–water partition coefficient (Wildman–Crippen LogP) is 1.52. The number of nitrogens with zero attached hydrogens (tertiary/aromatic N) is 1. The van der Waals surface area contributed by atoms with Gasteiger partial charge in [0.15, 0.2) is 14.5 Å². The van der Waals surface area contributed by atoms with Gasteiger partial charge < -0.3 is 19.6 Å². The van der Waals surface area contributed by atoms with Gasteiger partial charge in [-0.2, -0.15) is 13.2 Å². The molecule has 31 heavy (non-hydrogen) atoms. The minimum absolute atomic E-state index is 0.0154. The third-order valence-electron chi connectivity index (χ3n) is 5.67. The summed E-state index contributed by atoms with van der Waals surface area (Å²) in [4.78, 5) is 37.3. The van der Waals surface area contributed by atoms with E-state index < -0.39 is 56.3 Å². The number of ether oxygens (including phenoxy) is 1. The molecule has 0 spiro atoms. The number of aromatic amines is 1. The number of aliphatic hydroxyl groups is 1. The number of aromatic nitrogens is 2. The fourth-order valence-corrected chi connectivity index (χ4v) is 4.22. The molecule has 0 bridgehead atoms. The van der Waals surface area contributed by atoms with Gasteiger partial charge in [-0.25, -0.2) is 4.79 Å². The summed E-state index contributed by atoms with van der Waals surface area (Å²) in [5.41, 5.74) is -1.14. The Labute approximate surface area is 177 Å². The van der Waals surface area contributed by atoms with Crippen LogP contribution in [0.5, 0.6) is 0 Å². The summed E-state index contributed by atoms with van der Waals surface area (Å²) in [7, 11) is -2.47. The standard InChI is InChI=1S/C18H28F3N3O6Si/c1-9-8-24(16(28)23-13(9)25)11-7-10(30-31(5,6)17(2,3)4)12(29-11)14(26)22-15(27)18(19,20)21/h8,10-12,14,26H,7H2,1-6H3,(H,22,27)(H,23,25,28)/t10-,11+,12-,14-/m0/s1. The third-order valence-corrected chi connectivity index (χ3v) is 10.2. The van der Waals surface area contributed by atoms with Crippen LogP contribution < -0.4 is 16.6 Å². The molecule has 0 aromatic carbocycles. The van der Waals surface area contributed by atoms with Gasteiger partial charge in [-0.05, 0) is 25.1 Å². The number of alkyl halides is 3. The predicted molar refractivity (Wildman–Crippen MR) is 107 cm³/mol. The van der Waals surface area contributed by atoms with E-state index in [-0.39, 0.29) is 17.0 Å². The van der Waals surface area contributed by atoms with Crippen molar-refractivity contribution in [3.63, 3.8) is 0 Å². The Hall–Kier alpha value is -1.96. The fraction of sp³-hybridized carbons (Fsp3) is 0.722. The summed E-state index contributed by atoms with van der Waals surface area (Å²) in [6, 6.07) is 0. The van der Waals surface area contributed by atoms with E-state index in [4.69, 9.17) is 9.16 Å². The van der Waals surface area contributed by atoms with Gasteiger partial charge in [0.25, 0.3) is 5.56 Å². The summed E-state index contributed by atoms with van der Waals surface area (Å²) in [5.74, 6) is -2.32. The van der Waals surface area contributed by atoms with Crippen molar-refractivity contribution in [2.45, 2.75) is 83.1 Å². The Morgan fingerprint density at radius 2 is 1.94 bits per heavy atom. The molecule has 9 nitrogen and oxygen atoms in total. The molecule has 176 valence electrons. The van der Waals surface area contributed by atoms with E-state index in [2.05, 4.69) is 4.98 Å². The van der Waals surface area contributed by atoms with Crippen LogP contribution >= 0.6 is 0 Å². The molecule has 1 amide bonds. The number of rotatable bonds is 5. The second kappa shape index (κ2) is 8.52. The average Bonchev–Trinajstić information content (AvgIpc) is 2.99. The van der Waals surface area contributed by atoms with Crippen LogP contribution in [0.1, 0.15) is 39.0 Å². The average molecular weight is 468 g/mol. The number of halogens is 3. The first-order chi connectivity index (χ1) is 13.9. The molecule has 1 aromatic rings. The minimum atomic E-state index is -5.19. The molecule has 0 unspecified atom stereocenters. The van der Waals surface area contributed by atoms with Crippen LogP contribution in [-0.2, 0) is 14.0 Å². The molecule has 13 heteroatoms. The van der Waals surface area contributed by atoms with Gasteiger partial charge in [-0.15, -0.1) is 0 Å².